The lowest BCUT2D eigenvalue weighted by atomic mass is 9.91. The summed E-state index contributed by atoms with van der Waals surface area (Å²) in [5, 5.41) is 6.62. The van der Waals surface area contributed by atoms with Crippen LogP contribution >= 0.6 is 0 Å². The lowest BCUT2D eigenvalue weighted by Gasteiger charge is -2.33. The highest BCUT2D eigenvalue weighted by Gasteiger charge is 2.26. The Morgan fingerprint density at radius 1 is 1.27 bits per heavy atom. The Labute approximate surface area is 135 Å². The summed E-state index contributed by atoms with van der Waals surface area (Å²) >= 11 is 0. The molecule has 0 unspecified atom stereocenters. The van der Waals surface area contributed by atoms with Gasteiger partial charge in [0.1, 0.15) is 0 Å². The molecular formula is C17H34N4O. The molecule has 0 aromatic carbocycles. The third-order valence-corrected chi connectivity index (χ3v) is 5.13. The van der Waals surface area contributed by atoms with Gasteiger partial charge in [0.2, 0.25) is 5.91 Å². The first-order chi connectivity index (χ1) is 10.5. The number of piperidine rings is 2. The number of nitrogens with zero attached hydrogens (tertiary/aromatic N) is 2. The van der Waals surface area contributed by atoms with Crippen molar-refractivity contribution in [2.45, 2.75) is 38.6 Å². The smallest absolute Gasteiger partial charge is 0.223 e. The molecule has 0 aromatic rings. The zero-order valence-electron chi connectivity index (χ0n) is 14.6. The van der Waals surface area contributed by atoms with E-state index in [2.05, 4.69) is 41.5 Å². The molecular weight excluding hydrogens is 276 g/mol. The van der Waals surface area contributed by atoms with Crippen molar-refractivity contribution in [3.8, 4) is 0 Å². The summed E-state index contributed by atoms with van der Waals surface area (Å²) in [6, 6.07) is 0.476. The number of likely N-dealkylation sites (N-methyl/N-ethyl adjacent to an activating group) is 1. The quantitative estimate of drug-likeness (QED) is 0.761. The molecule has 2 N–H and O–H groups in total. The van der Waals surface area contributed by atoms with Crippen LogP contribution in [-0.2, 0) is 4.79 Å². The van der Waals surface area contributed by atoms with E-state index in [0.29, 0.717) is 12.0 Å². The number of carbonyl (C=O) groups excluding carboxylic acids is 1. The molecule has 2 saturated heterocycles. The fourth-order valence-corrected chi connectivity index (χ4v) is 3.51. The average molecular weight is 310 g/mol. The van der Waals surface area contributed by atoms with Crippen LogP contribution in [0.1, 0.15) is 32.6 Å². The average Bonchev–Trinajstić information content (AvgIpc) is 2.51. The zero-order valence-corrected chi connectivity index (χ0v) is 14.6. The molecule has 0 aromatic heterocycles. The van der Waals surface area contributed by atoms with Gasteiger partial charge in [-0.15, -0.1) is 0 Å². The van der Waals surface area contributed by atoms with Crippen molar-refractivity contribution < 1.29 is 4.79 Å². The van der Waals surface area contributed by atoms with Gasteiger partial charge in [0, 0.05) is 31.6 Å². The topological polar surface area (TPSA) is 47.6 Å². The molecule has 0 radical (unpaired) electrons. The Balaban J connectivity index is 1.61. The summed E-state index contributed by atoms with van der Waals surface area (Å²) in [6.45, 7) is 8.68. The molecule has 1 amide bonds. The molecule has 2 fully saturated rings. The van der Waals surface area contributed by atoms with E-state index >= 15 is 0 Å². The maximum absolute atomic E-state index is 12.3. The van der Waals surface area contributed by atoms with E-state index in [1.807, 2.05) is 0 Å². The van der Waals surface area contributed by atoms with Crippen LogP contribution in [0.4, 0.5) is 0 Å². The van der Waals surface area contributed by atoms with E-state index in [4.69, 9.17) is 0 Å². The first-order valence-electron chi connectivity index (χ1n) is 8.92. The van der Waals surface area contributed by atoms with Crippen LogP contribution in [0.3, 0.4) is 0 Å². The number of rotatable bonds is 6. The predicted molar refractivity (Wildman–Crippen MR) is 90.9 cm³/mol. The Kier molecular flexibility index (Phi) is 7.12. The Morgan fingerprint density at radius 2 is 2.00 bits per heavy atom. The van der Waals surface area contributed by atoms with E-state index in [-0.39, 0.29) is 11.8 Å². The van der Waals surface area contributed by atoms with E-state index in [1.54, 1.807) is 0 Å². The summed E-state index contributed by atoms with van der Waals surface area (Å²) in [5.41, 5.74) is 0. The summed E-state index contributed by atoms with van der Waals surface area (Å²) in [7, 11) is 4.26. The standard InChI is InChI=1S/C17H34N4O/c1-14-12-16(4-7-18-14)17(22)19-13-15-5-8-21(9-6-15)11-10-20(2)3/h14-16,18H,4-13H2,1-3H3,(H,19,22)/t14-,16-/m0/s1. The first kappa shape index (κ1) is 17.7. The molecule has 2 atom stereocenters. The van der Waals surface area contributed by atoms with Crippen LogP contribution in [-0.4, -0.2) is 75.1 Å². The van der Waals surface area contributed by atoms with Gasteiger partial charge in [-0.2, -0.15) is 0 Å². The Bertz CT molecular complexity index is 340. The lowest BCUT2D eigenvalue weighted by Crippen LogP contribution is -2.45. The highest BCUT2D eigenvalue weighted by atomic mass is 16.1. The van der Waals surface area contributed by atoms with Crippen molar-refractivity contribution in [1.82, 2.24) is 20.4 Å². The Morgan fingerprint density at radius 3 is 2.64 bits per heavy atom. The third kappa shape index (κ3) is 5.86. The van der Waals surface area contributed by atoms with Crippen LogP contribution in [0.5, 0.6) is 0 Å². The van der Waals surface area contributed by atoms with Gasteiger partial charge >= 0.3 is 0 Å². The van der Waals surface area contributed by atoms with E-state index in [9.17, 15) is 4.79 Å². The van der Waals surface area contributed by atoms with Gasteiger partial charge < -0.3 is 20.4 Å². The fourth-order valence-electron chi connectivity index (χ4n) is 3.51. The first-order valence-corrected chi connectivity index (χ1v) is 8.92. The largest absolute Gasteiger partial charge is 0.356 e. The monoisotopic (exact) mass is 310 g/mol. The van der Waals surface area contributed by atoms with Crippen LogP contribution < -0.4 is 10.6 Å². The van der Waals surface area contributed by atoms with E-state index < -0.39 is 0 Å². The minimum absolute atomic E-state index is 0.219. The molecule has 22 heavy (non-hydrogen) atoms. The van der Waals surface area contributed by atoms with Gasteiger partial charge in [0.25, 0.3) is 0 Å². The molecule has 5 heteroatoms. The number of likely N-dealkylation sites (tertiary alicyclic amines) is 1. The summed E-state index contributed by atoms with van der Waals surface area (Å²) < 4.78 is 0. The third-order valence-electron chi connectivity index (χ3n) is 5.13. The van der Waals surface area contributed by atoms with Crippen LogP contribution in [0.2, 0.25) is 0 Å². The van der Waals surface area contributed by atoms with Crippen LogP contribution in [0, 0.1) is 11.8 Å². The van der Waals surface area contributed by atoms with Gasteiger partial charge in [-0.3, -0.25) is 4.79 Å². The highest BCUT2D eigenvalue weighted by molar-refractivity contribution is 5.78. The van der Waals surface area contributed by atoms with Crippen molar-refractivity contribution in [1.29, 1.82) is 0 Å². The van der Waals surface area contributed by atoms with Gasteiger partial charge in [0.15, 0.2) is 0 Å². The number of carbonyl (C=O) groups is 1. The van der Waals surface area contributed by atoms with Crippen LogP contribution in [0.15, 0.2) is 0 Å². The lowest BCUT2D eigenvalue weighted by molar-refractivity contribution is -0.126. The molecule has 5 nitrogen and oxygen atoms in total. The second-order valence-electron chi connectivity index (χ2n) is 7.41. The second-order valence-corrected chi connectivity index (χ2v) is 7.41. The maximum atomic E-state index is 12.3. The zero-order chi connectivity index (χ0) is 15.9. The maximum Gasteiger partial charge on any atom is 0.223 e. The Hall–Kier alpha value is -0.650. The molecule has 0 aliphatic carbocycles. The molecule has 0 bridgehead atoms. The van der Waals surface area contributed by atoms with Crippen molar-refractivity contribution >= 4 is 5.91 Å². The van der Waals surface area contributed by atoms with Gasteiger partial charge in [0.05, 0.1) is 0 Å². The molecule has 0 saturated carbocycles. The number of hydrogen-bond donors (Lipinski definition) is 2. The van der Waals surface area contributed by atoms with Crippen molar-refractivity contribution in [2.24, 2.45) is 11.8 Å². The molecule has 128 valence electrons. The van der Waals surface area contributed by atoms with E-state index in [1.165, 1.54) is 32.5 Å². The number of amides is 1. The van der Waals surface area contributed by atoms with E-state index in [0.717, 1.165) is 32.5 Å². The predicted octanol–water partition coefficient (Wildman–Crippen LogP) is 0.764. The minimum atomic E-state index is 0.219. The fraction of sp³-hybridized carbons (Fsp3) is 0.941. The van der Waals surface area contributed by atoms with Crippen molar-refractivity contribution in [3.05, 3.63) is 0 Å². The summed E-state index contributed by atoms with van der Waals surface area (Å²) in [6.07, 6.45) is 4.40. The normalized spacial score (nSPS) is 28.0. The molecule has 2 aliphatic heterocycles. The van der Waals surface area contributed by atoms with Crippen molar-refractivity contribution in [2.75, 3.05) is 53.4 Å². The van der Waals surface area contributed by atoms with Crippen LogP contribution in [0.25, 0.3) is 0 Å². The minimum Gasteiger partial charge on any atom is -0.356 e. The molecule has 0 spiro atoms. The molecule has 2 heterocycles. The summed E-state index contributed by atoms with van der Waals surface area (Å²) in [4.78, 5) is 17.1. The summed E-state index contributed by atoms with van der Waals surface area (Å²) in [5.74, 6) is 1.17. The van der Waals surface area contributed by atoms with Gasteiger partial charge in [-0.05, 0) is 72.3 Å². The number of nitrogens with one attached hydrogen (secondary N) is 2. The second kappa shape index (κ2) is 8.85. The van der Waals surface area contributed by atoms with Gasteiger partial charge in [-0.25, -0.2) is 0 Å². The number of hydrogen-bond acceptors (Lipinski definition) is 4. The molecule has 2 aliphatic rings. The SMILES string of the molecule is C[C@H]1C[C@@H](C(=O)NCC2CCN(CCN(C)C)CC2)CCN1. The highest BCUT2D eigenvalue weighted by Crippen LogP contribution is 2.18. The van der Waals surface area contributed by atoms with Gasteiger partial charge in [-0.1, -0.05) is 0 Å². The molecule has 2 rings (SSSR count). The van der Waals surface area contributed by atoms with Crippen molar-refractivity contribution in [3.63, 3.8) is 0 Å².